The molecule has 3 heterocycles. The molecule has 2 aliphatic heterocycles. The Labute approximate surface area is 249 Å². The Morgan fingerprint density at radius 1 is 0.927 bits per heavy atom. The first-order chi connectivity index (χ1) is 19.9. The Morgan fingerprint density at radius 2 is 1.78 bits per heavy atom. The van der Waals surface area contributed by atoms with Crippen molar-refractivity contribution in [3.63, 3.8) is 0 Å². The SMILES string of the molecule is Cc1cc(N2CCCN(Cc3ccc4c(c3)OCO4)C2)ccc1Oc1ccc(CC(=O)c2ccc(Cl)c(Cl)c2)cn1. The molecule has 0 radical (unpaired) electrons. The molecule has 1 aromatic heterocycles. The highest BCUT2D eigenvalue weighted by Crippen LogP contribution is 2.34. The summed E-state index contributed by atoms with van der Waals surface area (Å²) >= 11 is 12.0. The van der Waals surface area contributed by atoms with E-state index in [0.717, 1.165) is 66.8 Å². The van der Waals surface area contributed by atoms with Gasteiger partial charge in [-0.15, -0.1) is 0 Å². The van der Waals surface area contributed by atoms with Gasteiger partial charge in [-0.2, -0.15) is 0 Å². The summed E-state index contributed by atoms with van der Waals surface area (Å²) in [5, 5.41) is 0.782. The molecule has 0 unspecified atom stereocenters. The van der Waals surface area contributed by atoms with Crippen LogP contribution in [0.5, 0.6) is 23.1 Å². The van der Waals surface area contributed by atoms with Crippen LogP contribution in [0.2, 0.25) is 10.0 Å². The minimum atomic E-state index is -0.0577. The molecule has 1 fully saturated rings. The summed E-state index contributed by atoms with van der Waals surface area (Å²) in [6.45, 7) is 6.08. The number of carbonyl (C=O) groups is 1. The third-order valence-corrected chi connectivity index (χ3v) is 8.00. The Bertz CT molecular complexity index is 1580. The molecule has 0 spiro atoms. The summed E-state index contributed by atoms with van der Waals surface area (Å²) in [5.74, 6) is 2.80. The lowest BCUT2D eigenvalue weighted by atomic mass is 10.0. The monoisotopic (exact) mass is 589 g/mol. The van der Waals surface area contributed by atoms with Gasteiger partial charge in [-0.3, -0.25) is 9.69 Å². The first kappa shape index (κ1) is 27.4. The van der Waals surface area contributed by atoms with Crippen LogP contribution in [0.15, 0.2) is 72.9 Å². The van der Waals surface area contributed by atoms with Crippen LogP contribution in [0.25, 0.3) is 0 Å². The number of aryl methyl sites for hydroxylation is 1. The van der Waals surface area contributed by atoms with Crippen molar-refractivity contribution in [3.05, 3.63) is 105 Å². The van der Waals surface area contributed by atoms with Crippen molar-refractivity contribution in [2.45, 2.75) is 26.3 Å². The number of hydrogen-bond acceptors (Lipinski definition) is 7. The van der Waals surface area contributed by atoms with Crippen molar-refractivity contribution in [2.75, 3.05) is 31.5 Å². The van der Waals surface area contributed by atoms with Gasteiger partial charge in [0.25, 0.3) is 0 Å². The van der Waals surface area contributed by atoms with Gasteiger partial charge in [0.05, 0.1) is 16.7 Å². The molecule has 9 heteroatoms. The van der Waals surface area contributed by atoms with Crippen molar-refractivity contribution >= 4 is 34.7 Å². The van der Waals surface area contributed by atoms with Crippen molar-refractivity contribution in [1.29, 1.82) is 0 Å². The van der Waals surface area contributed by atoms with Gasteiger partial charge in [0.15, 0.2) is 17.3 Å². The van der Waals surface area contributed by atoms with Gasteiger partial charge in [-0.25, -0.2) is 4.98 Å². The first-order valence-corrected chi connectivity index (χ1v) is 14.2. The van der Waals surface area contributed by atoms with Crippen LogP contribution in [0, 0.1) is 6.92 Å². The predicted octanol–water partition coefficient (Wildman–Crippen LogP) is 7.31. The summed E-state index contributed by atoms with van der Waals surface area (Å²) in [6.07, 6.45) is 2.96. The molecule has 0 atom stereocenters. The quantitative estimate of drug-likeness (QED) is 0.199. The van der Waals surface area contributed by atoms with E-state index < -0.39 is 0 Å². The molecule has 3 aromatic carbocycles. The topological polar surface area (TPSA) is 64.1 Å². The maximum absolute atomic E-state index is 12.6. The molecule has 210 valence electrons. The number of nitrogens with zero attached hydrogens (tertiary/aromatic N) is 3. The molecule has 6 rings (SSSR count). The number of benzene rings is 3. The average molecular weight is 591 g/mol. The van der Waals surface area contributed by atoms with Crippen molar-refractivity contribution in [2.24, 2.45) is 0 Å². The second-order valence-corrected chi connectivity index (χ2v) is 11.1. The van der Waals surface area contributed by atoms with E-state index >= 15 is 0 Å². The lowest BCUT2D eigenvalue weighted by molar-refractivity contribution is 0.0993. The van der Waals surface area contributed by atoms with Crippen LogP contribution in [-0.2, 0) is 13.0 Å². The standard InChI is InChI=1S/C32H29Cl2N3O4/c1-21-13-25(37-12-2-11-36(19-37)18-23-3-8-30-31(15-23)40-20-39-30)6-9-29(21)41-32-10-4-22(17-35-32)14-28(38)24-5-7-26(33)27(34)16-24/h3-10,13,15-17H,2,11-12,14,18-20H2,1H3. The number of ether oxygens (including phenoxy) is 3. The lowest BCUT2D eigenvalue weighted by Gasteiger charge is -2.37. The van der Waals surface area contributed by atoms with Crippen LogP contribution in [-0.4, -0.2) is 42.2 Å². The van der Waals surface area contributed by atoms with Crippen molar-refractivity contribution in [3.8, 4) is 23.1 Å². The summed E-state index contributed by atoms with van der Waals surface area (Å²) < 4.78 is 17.1. The van der Waals surface area contributed by atoms with Crippen LogP contribution >= 0.6 is 23.2 Å². The Morgan fingerprint density at radius 3 is 2.59 bits per heavy atom. The average Bonchev–Trinajstić information content (AvgIpc) is 3.45. The number of hydrogen-bond donors (Lipinski definition) is 0. The van der Waals surface area contributed by atoms with Crippen molar-refractivity contribution < 1.29 is 19.0 Å². The number of rotatable bonds is 8. The molecule has 1 saturated heterocycles. The summed E-state index contributed by atoms with van der Waals surface area (Å²) in [5.41, 5.74) is 4.70. The normalized spacial score (nSPS) is 14.8. The predicted molar refractivity (Wildman–Crippen MR) is 160 cm³/mol. The molecule has 7 nitrogen and oxygen atoms in total. The van der Waals surface area contributed by atoms with Gasteiger partial charge in [-0.05, 0) is 78.6 Å². The molecule has 0 bridgehead atoms. The molecule has 2 aliphatic rings. The number of ketones is 1. The van der Waals surface area contributed by atoms with E-state index in [0.29, 0.717) is 28.3 Å². The Hall–Kier alpha value is -3.78. The Kier molecular flexibility index (Phi) is 8.01. The molecule has 0 amide bonds. The third-order valence-electron chi connectivity index (χ3n) is 7.26. The number of carbonyl (C=O) groups excluding carboxylic acids is 1. The zero-order valence-corrected chi connectivity index (χ0v) is 24.1. The second-order valence-electron chi connectivity index (χ2n) is 10.3. The van der Waals surface area contributed by atoms with E-state index in [-0.39, 0.29) is 12.2 Å². The zero-order chi connectivity index (χ0) is 28.3. The highest BCUT2D eigenvalue weighted by atomic mass is 35.5. The number of aromatic nitrogens is 1. The van der Waals surface area contributed by atoms with Crippen LogP contribution in [0.4, 0.5) is 5.69 Å². The van der Waals surface area contributed by atoms with Crippen LogP contribution < -0.4 is 19.1 Å². The summed E-state index contributed by atoms with van der Waals surface area (Å²) in [4.78, 5) is 21.9. The highest BCUT2D eigenvalue weighted by molar-refractivity contribution is 6.42. The molecule has 41 heavy (non-hydrogen) atoms. The Balaban J connectivity index is 1.06. The van der Waals surface area contributed by atoms with Gasteiger partial charge in [0, 0.05) is 49.6 Å². The molecular formula is C32H29Cl2N3O4. The highest BCUT2D eigenvalue weighted by Gasteiger charge is 2.20. The van der Waals surface area contributed by atoms with Gasteiger partial charge in [-0.1, -0.05) is 35.3 Å². The van der Waals surface area contributed by atoms with E-state index in [1.54, 1.807) is 30.5 Å². The number of Topliss-reactive ketones (excluding diaryl/α,β-unsaturated/α-hetero) is 1. The van der Waals surface area contributed by atoms with Gasteiger partial charge < -0.3 is 19.1 Å². The maximum atomic E-state index is 12.6. The number of halogens is 2. The summed E-state index contributed by atoms with van der Waals surface area (Å²) in [7, 11) is 0. The van der Waals surface area contributed by atoms with Gasteiger partial charge >= 0.3 is 0 Å². The number of pyridine rings is 1. The molecular weight excluding hydrogens is 561 g/mol. The molecule has 0 aliphatic carbocycles. The molecule has 0 N–H and O–H groups in total. The molecule has 4 aromatic rings. The first-order valence-electron chi connectivity index (χ1n) is 13.5. The largest absolute Gasteiger partial charge is 0.454 e. The second kappa shape index (κ2) is 12.0. The minimum Gasteiger partial charge on any atom is -0.454 e. The summed E-state index contributed by atoms with van der Waals surface area (Å²) in [6, 6.07) is 20.9. The van der Waals surface area contributed by atoms with E-state index in [9.17, 15) is 4.79 Å². The van der Waals surface area contributed by atoms with E-state index in [2.05, 4.69) is 39.0 Å². The number of anilines is 1. The van der Waals surface area contributed by atoms with Crippen molar-refractivity contribution in [1.82, 2.24) is 9.88 Å². The fourth-order valence-corrected chi connectivity index (χ4v) is 5.39. The third kappa shape index (κ3) is 6.43. The van der Waals surface area contributed by atoms with Crippen LogP contribution in [0.1, 0.15) is 33.5 Å². The lowest BCUT2D eigenvalue weighted by Crippen LogP contribution is -2.44. The van der Waals surface area contributed by atoms with E-state index in [4.69, 9.17) is 37.4 Å². The molecule has 0 saturated carbocycles. The minimum absolute atomic E-state index is 0.0577. The smallest absolute Gasteiger partial charge is 0.231 e. The van der Waals surface area contributed by atoms with Gasteiger partial charge in [0.1, 0.15) is 5.75 Å². The fourth-order valence-electron chi connectivity index (χ4n) is 5.10. The zero-order valence-electron chi connectivity index (χ0n) is 22.6. The van der Waals surface area contributed by atoms with E-state index in [1.807, 2.05) is 25.1 Å². The van der Waals surface area contributed by atoms with Crippen LogP contribution in [0.3, 0.4) is 0 Å². The fraction of sp³-hybridized carbons (Fsp3) is 0.250. The maximum Gasteiger partial charge on any atom is 0.231 e. The van der Waals surface area contributed by atoms with Gasteiger partial charge in [0.2, 0.25) is 12.7 Å². The van der Waals surface area contributed by atoms with E-state index in [1.165, 1.54) is 5.56 Å². The number of fused-ring (bicyclic) bond motifs is 1.